The van der Waals surface area contributed by atoms with E-state index in [0.29, 0.717) is 28.8 Å². The monoisotopic (exact) mass is 412 g/mol. The van der Waals surface area contributed by atoms with Crippen molar-refractivity contribution in [3.63, 3.8) is 0 Å². The van der Waals surface area contributed by atoms with Crippen LogP contribution < -0.4 is 20.2 Å². The Morgan fingerprint density at radius 2 is 2.07 bits per heavy atom. The molecule has 3 N–H and O–H groups in total. The zero-order valence-electron chi connectivity index (χ0n) is 17.0. The van der Waals surface area contributed by atoms with Gasteiger partial charge in [0, 0.05) is 31.1 Å². The number of carboxylic acid groups (broad SMARTS) is 1. The van der Waals surface area contributed by atoms with Crippen LogP contribution in [0.4, 0.5) is 16.2 Å². The standard InChI is InChI=1S/C22H28N4O4/c23-13-15-12-16(25-21(29)30)2-7-19(15)26(17-3-5-18(27)6-4-17)11-1-8-22(14-26)9-10-24-20(22)28/h2,7,12,17-18,25,27H,1,3-6,8-11,14H2,(H-,24,28,29,30)/t17-,18-,22-,26?/m1/s1. The van der Waals surface area contributed by atoms with Gasteiger partial charge in [-0.3, -0.25) is 9.28 Å². The highest BCUT2D eigenvalue weighted by Gasteiger charge is 2.56. The van der Waals surface area contributed by atoms with Crippen LogP contribution in [0.5, 0.6) is 0 Å². The number of carbonyl (C=O) groups is 2. The zero-order valence-corrected chi connectivity index (χ0v) is 17.0. The molecule has 1 unspecified atom stereocenters. The van der Waals surface area contributed by atoms with Crippen LogP contribution in [-0.2, 0) is 4.79 Å². The van der Waals surface area contributed by atoms with Crippen LogP contribution in [0.3, 0.4) is 0 Å². The van der Waals surface area contributed by atoms with E-state index < -0.39 is 11.5 Å². The molecule has 30 heavy (non-hydrogen) atoms. The number of nitrogens with one attached hydrogen (secondary N) is 2. The summed E-state index contributed by atoms with van der Waals surface area (Å²) in [5.74, 6) is 0.106. The summed E-state index contributed by atoms with van der Waals surface area (Å²) in [6, 6.07) is 7.52. The highest BCUT2D eigenvalue weighted by atomic mass is 16.4. The maximum absolute atomic E-state index is 12.8. The third-order valence-corrected chi connectivity index (χ3v) is 7.38. The topological polar surface area (TPSA) is 125 Å². The average Bonchev–Trinajstić information content (AvgIpc) is 3.07. The van der Waals surface area contributed by atoms with E-state index in [1.54, 1.807) is 12.1 Å². The van der Waals surface area contributed by atoms with E-state index in [-0.39, 0.29) is 18.1 Å². The summed E-state index contributed by atoms with van der Waals surface area (Å²) in [5, 5.41) is 36.1. The van der Waals surface area contributed by atoms with Crippen LogP contribution in [-0.4, -0.2) is 48.9 Å². The van der Waals surface area contributed by atoms with Crippen molar-refractivity contribution >= 4 is 23.4 Å². The Bertz CT molecular complexity index is 890. The van der Waals surface area contributed by atoms with E-state index in [1.807, 2.05) is 6.07 Å². The van der Waals surface area contributed by atoms with Crippen LogP contribution >= 0.6 is 0 Å². The second-order valence-corrected chi connectivity index (χ2v) is 9.02. The van der Waals surface area contributed by atoms with Gasteiger partial charge < -0.3 is 25.6 Å². The minimum atomic E-state index is -1.42. The molecule has 0 bridgehead atoms. The number of hydrogen-bond donors (Lipinski definition) is 3. The molecule has 0 aromatic heterocycles. The molecule has 2 aliphatic heterocycles. The maximum atomic E-state index is 12.8. The number of likely N-dealkylation sites (tertiary alicyclic amines) is 1. The number of nitriles is 1. The predicted octanol–water partition coefficient (Wildman–Crippen LogP) is 1.22. The van der Waals surface area contributed by atoms with Gasteiger partial charge in [-0.1, -0.05) is 0 Å². The lowest BCUT2D eigenvalue weighted by Crippen LogP contribution is -2.66. The predicted molar refractivity (Wildman–Crippen MR) is 109 cm³/mol. The number of rotatable bonds is 3. The number of hydrogen-bond acceptors (Lipinski definition) is 5. The Kier molecular flexibility index (Phi) is 5.43. The van der Waals surface area contributed by atoms with Gasteiger partial charge in [-0.2, -0.15) is 5.26 Å². The summed E-state index contributed by atoms with van der Waals surface area (Å²) in [6.07, 6.45) is 3.93. The van der Waals surface area contributed by atoms with Gasteiger partial charge in [-0.05, 0) is 44.2 Å². The van der Waals surface area contributed by atoms with Crippen molar-refractivity contribution in [3.05, 3.63) is 23.8 Å². The average molecular weight is 412 g/mol. The fraction of sp³-hybridized carbons (Fsp3) is 0.591. The highest BCUT2D eigenvalue weighted by molar-refractivity contribution is 5.86. The fourth-order valence-electron chi connectivity index (χ4n) is 5.98. The Morgan fingerprint density at radius 1 is 1.30 bits per heavy atom. The summed E-state index contributed by atoms with van der Waals surface area (Å²) in [5.41, 5.74) is 1.14. The number of piperidine rings is 1. The van der Waals surface area contributed by atoms with E-state index in [2.05, 4.69) is 16.7 Å². The first-order chi connectivity index (χ1) is 14.4. The molecule has 1 saturated carbocycles. The molecule has 1 aliphatic carbocycles. The molecule has 1 spiro atoms. The van der Waals surface area contributed by atoms with Crippen molar-refractivity contribution in [2.24, 2.45) is 5.41 Å². The van der Waals surface area contributed by atoms with Gasteiger partial charge >= 0.3 is 0 Å². The van der Waals surface area contributed by atoms with E-state index >= 15 is 0 Å². The molecule has 0 radical (unpaired) electrons. The molecule has 2 heterocycles. The van der Waals surface area contributed by atoms with Gasteiger partial charge in [0.05, 0.1) is 25.2 Å². The van der Waals surface area contributed by atoms with Gasteiger partial charge in [-0.15, -0.1) is 0 Å². The lowest BCUT2D eigenvalue weighted by atomic mass is 9.74. The number of amides is 2. The lowest BCUT2D eigenvalue weighted by Gasteiger charge is -2.53. The molecule has 3 aliphatic rings. The third kappa shape index (κ3) is 3.53. The Balaban J connectivity index is 1.79. The SMILES string of the molecule is N#Cc1cc(NC(=O)[O-])ccc1[N+]1([C@H]2CC[C@H](O)CC2)CCC[C@@]2(CCNC2=O)C1. The lowest BCUT2D eigenvalue weighted by molar-refractivity contribution is -0.242. The van der Waals surface area contributed by atoms with E-state index in [9.17, 15) is 25.1 Å². The molecule has 2 saturated heterocycles. The first kappa shape index (κ1) is 20.6. The number of quaternary nitrogens is 1. The van der Waals surface area contributed by atoms with E-state index in [1.165, 1.54) is 0 Å². The molecule has 8 nitrogen and oxygen atoms in total. The molecule has 160 valence electrons. The zero-order chi connectivity index (χ0) is 21.4. The van der Waals surface area contributed by atoms with Crippen LogP contribution in [0.15, 0.2) is 18.2 Å². The normalized spacial score (nSPS) is 33.7. The number of carbonyl (C=O) groups excluding carboxylic acids is 2. The molecule has 1 aromatic rings. The largest absolute Gasteiger partial charge is 0.530 e. The maximum Gasteiger partial charge on any atom is 0.232 e. The fourth-order valence-corrected chi connectivity index (χ4v) is 5.98. The van der Waals surface area contributed by atoms with Gasteiger partial charge in [0.25, 0.3) is 0 Å². The van der Waals surface area contributed by atoms with Crippen molar-refractivity contribution in [1.29, 1.82) is 5.26 Å². The van der Waals surface area contributed by atoms with Gasteiger partial charge in [0.15, 0.2) is 5.69 Å². The molecule has 3 fully saturated rings. The second kappa shape index (κ2) is 7.89. The van der Waals surface area contributed by atoms with Gasteiger partial charge in [0.1, 0.15) is 23.1 Å². The smallest absolute Gasteiger partial charge is 0.232 e. The van der Waals surface area contributed by atoms with Crippen LogP contribution in [0, 0.1) is 16.7 Å². The molecule has 2 atom stereocenters. The number of nitrogens with zero attached hydrogens (tertiary/aromatic N) is 2. The Morgan fingerprint density at radius 3 is 2.70 bits per heavy atom. The Hall–Kier alpha value is -2.63. The second-order valence-electron chi connectivity index (χ2n) is 9.02. The quantitative estimate of drug-likeness (QED) is 0.644. The number of benzene rings is 1. The van der Waals surface area contributed by atoms with Crippen molar-refractivity contribution < 1.29 is 19.8 Å². The first-order valence-electron chi connectivity index (χ1n) is 10.7. The van der Waals surface area contributed by atoms with Crippen molar-refractivity contribution in [2.75, 3.05) is 25.0 Å². The molecule has 2 amide bonds. The number of anilines is 1. The van der Waals surface area contributed by atoms with Crippen molar-refractivity contribution in [3.8, 4) is 6.07 Å². The van der Waals surface area contributed by atoms with Gasteiger partial charge in [-0.25, -0.2) is 0 Å². The third-order valence-electron chi connectivity index (χ3n) is 7.38. The molecular weight excluding hydrogens is 384 g/mol. The molecule has 1 aromatic carbocycles. The summed E-state index contributed by atoms with van der Waals surface area (Å²) in [7, 11) is 0. The minimum Gasteiger partial charge on any atom is -0.530 e. The number of aliphatic hydroxyl groups excluding tert-OH is 1. The summed E-state index contributed by atoms with van der Waals surface area (Å²) >= 11 is 0. The Labute approximate surface area is 176 Å². The van der Waals surface area contributed by atoms with E-state index in [0.717, 1.165) is 57.2 Å². The summed E-state index contributed by atoms with van der Waals surface area (Å²) < 4.78 is 0.550. The summed E-state index contributed by atoms with van der Waals surface area (Å²) in [6.45, 7) is 2.15. The van der Waals surface area contributed by atoms with E-state index in [4.69, 9.17) is 0 Å². The summed E-state index contributed by atoms with van der Waals surface area (Å²) in [4.78, 5) is 23.8. The molecule has 4 rings (SSSR count). The van der Waals surface area contributed by atoms with Gasteiger partial charge in [0.2, 0.25) is 5.91 Å². The van der Waals surface area contributed by atoms with Crippen molar-refractivity contribution in [2.45, 2.75) is 57.1 Å². The first-order valence-corrected chi connectivity index (χ1v) is 10.7. The van der Waals surface area contributed by atoms with Crippen LogP contribution in [0.25, 0.3) is 0 Å². The van der Waals surface area contributed by atoms with Crippen LogP contribution in [0.2, 0.25) is 0 Å². The number of aliphatic hydroxyl groups is 1. The molecule has 8 heteroatoms. The molecular formula is C22H28N4O4. The van der Waals surface area contributed by atoms with Crippen molar-refractivity contribution in [1.82, 2.24) is 9.80 Å². The van der Waals surface area contributed by atoms with Crippen LogP contribution in [0.1, 0.15) is 50.5 Å². The minimum absolute atomic E-state index is 0.106. The highest BCUT2D eigenvalue weighted by Crippen LogP contribution is 2.47.